The highest BCUT2D eigenvalue weighted by Crippen LogP contribution is 2.26. The molecule has 4 nitrogen and oxygen atoms in total. The number of halogens is 1. The van der Waals surface area contributed by atoms with E-state index >= 15 is 0 Å². The molecule has 0 saturated carbocycles. The zero-order valence-corrected chi connectivity index (χ0v) is 11.1. The van der Waals surface area contributed by atoms with Gasteiger partial charge in [0, 0.05) is 23.0 Å². The second-order valence-electron chi connectivity index (χ2n) is 3.85. The molecule has 0 N–H and O–H groups in total. The SMILES string of the molecule is O=[N+]([O-])c1ccc(CC(Br)c2ccccc2)nc1. The van der Waals surface area contributed by atoms with Gasteiger partial charge in [-0.05, 0) is 11.6 Å². The smallest absolute Gasteiger partial charge is 0.258 e. The number of nitrogens with zero attached hydrogens (tertiary/aromatic N) is 2. The summed E-state index contributed by atoms with van der Waals surface area (Å²) in [6, 6.07) is 13.2. The monoisotopic (exact) mass is 306 g/mol. The molecule has 0 aliphatic carbocycles. The standard InChI is InChI=1S/C13H11BrN2O2/c14-13(10-4-2-1-3-5-10)8-11-6-7-12(9-15-11)16(17)18/h1-7,9,13H,8H2. The lowest BCUT2D eigenvalue weighted by atomic mass is 10.1. The van der Waals surface area contributed by atoms with E-state index in [2.05, 4.69) is 20.9 Å². The van der Waals surface area contributed by atoms with Crippen molar-refractivity contribution in [2.24, 2.45) is 0 Å². The van der Waals surface area contributed by atoms with Gasteiger partial charge >= 0.3 is 0 Å². The molecule has 1 aromatic heterocycles. The topological polar surface area (TPSA) is 56.0 Å². The van der Waals surface area contributed by atoms with E-state index < -0.39 is 4.92 Å². The van der Waals surface area contributed by atoms with E-state index in [4.69, 9.17) is 0 Å². The number of rotatable bonds is 4. The van der Waals surface area contributed by atoms with Crippen LogP contribution in [0.15, 0.2) is 48.7 Å². The third kappa shape index (κ3) is 3.13. The first-order chi connectivity index (χ1) is 8.66. The maximum Gasteiger partial charge on any atom is 0.287 e. The lowest BCUT2D eigenvalue weighted by Crippen LogP contribution is -1.98. The average Bonchev–Trinajstić information content (AvgIpc) is 2.40. The Morgan fingerprint density at radius 3 is 2.50 bits per heavy atom. The molecule has 1 aromatic carbocycles. The molecule has 0 radical (unpaired) electrons. The molecule has 1 heterocycles. The Balaban J connectivity index is 2.08. The van der Waals surface area contributed by atoms with Crippen molar-refractivity contribution in [1.29, 1.82) is 0 Å². The normalized spacial score (nSPS) is 12.1. The predicted molar refractivity (Wildman–Crippen MR) is 72.7 cm³/mol. The van der Waals surface area contributed by atoms with Gasteiger partial charge in [-0.15, -0.1) is 0 Å². The predicted octanol–water partition coefficient (Wildman–Crippen LogP) is 3.67. The van der Waals surface area contributed by atoms with Gasteiger partial charge in [0.05, 0.1) is 4.92 Å². The number of aromatic nitrogens is 1. The number of pyridine rings is 1. The fourth-order valence-electron chi connectivity index (χ4n) is 1.61. The first-order valence-corrected chi connectivity index (χ1v) is 6.36. The van der Waals surface area contributed by atoms with E-state index in [1.807, 2.05) is 30.3 Å². The van der Waals surface area contributed by atoms with Crippen molar-refractivity contribution < 1.29 is 4.92 Å². The molecule has 0 spiro atoms. The molecular formula is C13H11BrN2O2. The molecular weight excluding hydrogens is 296 g/mol. The molecule has 18 heavy (non-hydrogen) atoms. The van der Waals surface area contributed by atoms with Gasteiger partial charge in [-0.2, -0.15) is 0 Å². The number of hydrogen-bond acceptors (Lipinski definition) is 3. The van der Waals surface area contributed by atoms with Gasteiger partial charge in [0.15, 0.2) is 0 Å². The van der Waals surface area contributed by atoms with Gasteiger partial charge in [0.1, 0.15) is 6.20 Å². The molecule has 1 atom stereocenters. The maximum absolute atomic E-state index is 10.5. The quantitative estimate of drug-likeness (QED) is 0.492. The third-order valence-electron chi connectivity index (χ3n) is 2.57. The van der Waals surface area contributed by atoms with Crippen molar-refractivity contribution in [3.63, 3.8) is 0 Å². The Morgan fingerprint density at radius 2 is 1.94 bits per heavy atom. The van der Waals surface area contributed by atoms with Crippen molar-refractivity contribution in [2.45, 2.75) is 11.2 Å². The van der Waals surface area contributed by atoms with Crippen LogP contribution in [0.25, 0.3) is 0 Å². The fourth-order valence-corrected chi connectivity index (χ4v) is 2.25. The number of hydrogen-bond donors (Lipinski definition) is 0. The largest absolute Gasteiger partial charge is 0.287 e. The van der Waals surface area contributed by atoms with E-state index in [0.717, 1.165) is 11.3 Å². The van der Waals surface area contributed by atoms with Crippen LogP contribution in [-0.2, 0) is 6.42 Å². The summed E-state index contributed by atoms with van der Waals surface area (Å²) in [5, 5.41) is 10.5. The lowest BCUT2D eigenvalue weighted by Gasteiger charge is -2.09. The fraction of sp³-hybridized carbons (Fsp3) is 0.154. The van der Waals surface area contributed by atoms with Crippen molar-refractivity contribution in [1.82, 2.24) is 4.98 Å². The van der Waals surface area contributed by atoms with Crippen LogP contribution in [0, 0.1) is 10.1 Å². The van der Waals surface area contributed by atoms with Crippen LogP contribution in [0.4, 0.5) is 5.69 Å². The minimum Gasteiger partial charge on any atom is -0.258 e. The Kier molecular flexibility index (Phi) is 4.04. The van der Waals surface area contributed by atoms with E-state index in [1.165, 1.54) is 12.3 Å². The van der Waals surface area contributed by atoms with Crippen LogP contribution in [0.1, 0.15) is 16.1 Å². The zero-order valence-electron chi connectivity index (χ0n) is 9.49. The van der Waals surface area contributed by atoms with E-state index in [0.29, 0.717) is 6.42 Å². The number of nitro groups is 1. The Bertz CT molecular complexity index is 528. The first kappa shape index (κ1) is 12.7. The molecule has 0 amide bonds. The summed E-state index contributed by atoms with van der Waals surface area (Å²) in [6.45, 7) is 0. The molecule has 2 rings (SSSR count). The van der Waals surface area contributed by atoms with Crippen LogP contribution >= 0.6 is 15.9 Å². The summed E-state index contributed by atoms with van der Waals surface area (Å²) in [6.07, 6.45) is 1.99. The molecule has 92 valence electrons. The van der Waals surface area contributed by atoms with Crippen LogP contribution in [0.3, 0.4) is 0 Å². The van der Waals surface area contributed by atoms with Crippen molar-refractivity contribution in [3.8, 4) is 0 Å². The minimum absolute atomic E-state index is 0.0181. The third-order valence-corrected chi connectivity index (χ3v) is 3.42. The van der Waals surface area contributed by atoms with Crippen LogP contribution in [-0.4, -0.2) is 9.91 Å². The highest BCUT2D eigenvalue weighted by atomic mass is 79.9. The molecule has 0 fully saturated rings. The highest BCUT2D eigenvalue weighted by molar-refractivity contribution is 9.09. The maximum atomic E-state index is 10.5. The Labute approximate surface area is 113 Å². The second-order valence-corrected chi connectivity index (χ2v) is 4.95. The van der Waals surface area contributed by atoms with Gasteiger partial charge in [0.25, 0.3) is 5.69 Å². The lowest BCUT2D eigenvalue weighted by molar-refractivity contribution is -0.385. The van der Waals surface area contributed by atoms with Crippen molar-refractivity contribution >= 4 is 21.6 Å². The summed E-state index contributed by atoms with van der Waals surface area (Å²) >= 11 is 3.60. The van der Waals surface area contributed by atoms with E-state index in [-0.39, 0.29) is 10.5 Å². The van der Waals surface area contributed by atoms with Crippen molar-refractivity contribution in [3.05, 3.63) is 70.0 Å². The van der Waals surface area contributed by atoms with Gasteiger partial charge in [-0.25, -0.2) is 0 Å². The molecule has 0 saturated heterocycles. The van der Waals surface area contributed by atoms with Gasteiger partial charge < -0.3 is 0 Å². The molecule has 0 aliphatic rings. The molecule has 2 aromatic rings. The van der Waals surface area contributed by atoms with Gasteiger partial charge in [-0.1, -0.05) is 46.3 Å². The second kappa shape index (κ2) is 5.73. The Hall–Kier alpha value is -1.75. The zero-order chi connectivity index (χ0) is 13.0. The minimum atomic E-state index is -0.445. The first-order valence-electron chi connectivity index (χ1n) is 5.45. The van der Waals surface area contributed by atoms with Crippen LogP contribution in [0.2, 0.25) is 0 Å². The summed E-state index contributed by atoms with van der Waals surface area (Å²) in [7, 11) is 0. The molecule has 0 aliphatic heterocycles. The molecule has 0 bridgehead atoms. The Morgan fingerprint density at radius 1 is 1.22 bits per heavy atom. The average molecular weight is 307 g/mol. The van der Waals surface area contributed by atoms with Crippen LogP contribution < -0.4 is 0 Å². The highest BCUT2D eigenvalue weighted by Gasteiger charge is 2.10. The molecule has 5 heteroatoms. The van der Waals surface area contributed by atoms with Gasteiger partial charge in [0.2, 0.25) is 0 Å². The van der Waals surface area contributed by atoms with Gasteiger partial charge in [-0.3, -0.25) is 15.1 Å². The van der Waals surface area contributed by atoms with E-state index in [1.54, 1.807) is 6.07 Å². The van der Waals surface area contributed by atoms with Crippen molar-refractivity contribution in [2.75, 3.05) is 0 Å². The summed E-state index contributed by atoms with van der Waals surface area (Å²) in [5.41, 5.74) is 2.01. The summed E-state index contributed by atoms with van der Waals surface area (Å²) in [4.78, 5) is 14.3. The summed E-state index contributed by atoms with van der Waals surface area (Å²) < 4.78 is 0. The van der Waals surface area contributed by atoms with Crippen LogP contribution in [0.5, 0.6) is 0 Å². The number of alkyl halides is 1. The molecule has 1 unspecified atom stereocenters. The summed E-state index contributed by atoms with van der Waals surface area (Å²) in [5.74, 6) is 0. The van der Waals surface area contributed by atoms with E-state index in [9.17, 15) is 10.1 Å². The number of benzene rings is 1.